The van der Waals surface area contributed by atoms with E-state index in [1.807, 2.05) is 4.98 Å². The standard InChI is InChI=1S/C15H23N5O16P2.2Na/c16-19-17-3-5-8(22)10(24)12(26)14(34-5)35-38(30,31)36-37(28,29)32-4-6-9(23)11(25)13(33-6)20-2-1-7(21)18-15(20)27;;/h1-2,5-6,8-14,22-26H,3-4H2,(H,28,29)(H,30,31)(H,18,21,27);;/q;2*+1/p-2. The van der Waals surface area contributed by atoms with E-state index >= 15 is 0 Å². The maximum Gasteiger partial charge on any atom is 1.00 e. The molecule has 11 atom stereocenters. The zero-order valence-corrected chi connectivity index (χ0v) is 26.5. The minimum atomic E-state index is -5.94. The first kappa shape index (κ1) is 38.0. The Morgan fingerprint density at radius 2 is 1.62 bits per heavy atom. The maximum atomic E-state index is 12.1. The number of aromatic amines is 1. The van der Waals surface area contributed by atoms with E-state index in [-0.39, 0.29) is 59.1 Å². The average Bonchev–Trinajstić information content (AvgIpc) is 3.10. The van der Waals surface area contributed by atoms with Gasteiger partial charge in [0.15, 0.2) is 12.5 Å². The van der Waals surface area contributed by atoms with Gasteiger partial charge in [0.05, 0.1) is 19.3 Å². The summed E-state index contributed by atoms with van der Waals surface area (Å²) in [7, 11) is -11.8. The molecular formula is C15H21N5Na2O16P2. The summed E-state index contributed by atoms with van der Waals surface area (Å²) in [5.41, 5.74) is 6.56. The van der Waals surface area contributed by atoms with Crippen molar-refractivity contribution < 1.29 is 126 Å². The molecule has 0 bridgehead atoms. The molecule has 2 aliphatic rings. The number of rotatable bonds is 10. The quantitative estimate of drug-likeness (QED) is 0.0457. The SMILES string of the molecule is [N-]=[N+]=NCC1OC(OP(=O)([O-])OP(=O)([O-])OCC2OC(n3ccc(=O)[nH]c3=O)C(O)C2O)C(O)C(O)C1O.[Na+].[Na+]. The van der Waals surface area contributed by atoms with Crippen molar-refractivity contribution in [3.63, 3.8) is 0 Å². The van der Waals surface area contributed by atoms with Crippen LogP contribution in [0.15, 0.2) is 27.0 Å². The molecule has 0 spiro atoms. The van der Waals surface area contributed by atoms with Crippen LogP contribution in [-0.4, -0.2) is 97.3 Å². The Balaban J connectivity index is 0.00000400. The molecule has 214 valence electrons. The van der Waals surface area contributed by atoms with Gasteiger partial charge in [-0.2, -0.15) is 0 Å². The molecule has 0 saturated carbocycles. The molecule has 1 aromatic rings. The third-order valence-electron chi connectivity index (χ3n) is 5.29. The molecule has 0 aliphatic carbocycles. The third kappa shape index (κ3) is 9.48. The number of azide groups is 1. The molecular weight excluding hydrogens is 614 g/mol. The molecule has 2 aliphatic heterocycles. The van der Waals surface area contributed by atoms with Gasteiger partial charge in [-0.15, -0.1) is 0 Å². The number of aliphatic hydroxyl groups excluding tert-OH is 5. The maximum absolute atomic E-state index is 12.1. The van der Waals surface area contributed by atoms with Crippen LogP contribution in [0.4, 0.5) is 0 Å². The number of phosphoric ester groups is 2. The second kappa shape index (κ2) is 15.6. The zero-order valence-electron chi connectivity index (χ0n) is 20.7. The molecule has 0 amide bonds. The van der Waals surface area contributed by atoms with E-state index < -0.39 is 95.3 Å². The number of nitrogens with one attached hydrogen (secondary N) is 1. The summed E-state index contributed by atoms with van der Waals surface area (Å²) in [6, 6.07) is 0.908. The number of aromatic nitrogens is 2. The number of nitrogens with zero attached hydrogens (tertiary/aromatic N) is 4. The fourth-order valence-electron chi connectivity index (χ4n) is 3.45. The first-order valence-electron chi connectivity index (χ1n) is 10.4. The summed E-state index contributed by atoms with van der Waals surface area (Å²) in [5.74, 6) is 0. The zero-order chi connectivity index (χ0) is 28.4. The third-order valence-corrected chi connectivity index (χ3v) is 7.82. The number of ether oxygens (including phenoxy) is 2. The van der Waals surface area contributed by atoms with Crippen LogP contribution in [0, 0.1) is 0 Å². The summed E-state index contributed by atoms with van der Waals surface area (Å²) in [6.45, 7) is -1.76. The van der Waals surface area contributed by atoms with Gasteiger partial charge < -0.3 is 49.3 Å². The van der Waals surface area contributed by atoms with E-state index in [1.165, 1.54) is 0 Å². The predicted molar refractivity (Wildman–Crippen MR) is 111 cm³/mol. The monoisotopic (exact) mass is 635 g/mol. The Kier molecular flexibility index (Phi) is 14.8. The number of aliphatic hydroxyl groups is 5. The van der Waals surface area contributed by atoms with Crippen molar-refractivity contribution in [3.8, 4) is 0 Å². The summed E-state index contributed by atoms with van der Waals surface area (Å²) in [6.07, 6.45) is -15.9. The van der Waals surface area contributed by atoms with Crippen LogP contribution >= 0.6 is 15.6 Å². The minimum Gasteiger partial charge on any atom is -0.756 e. The van der Waals surface area contributed by atoms with Crippen LogP contribution in [-0.2, 0) is 32.0 Å². The molecule has 2 fully saturated rings. The second-order valence-corrected chi connectivity index (χ2v) is 10.8. The Morgan fingerprint density at radius 1 is 1.00 bits per heavy atom. The van der Waals surface area contributed by atoms with E-state index in [2.05, 4.69) is 23.4 Å². The molecule has 3 heterocycles. The Bertz CT molecular complexity index is 1260. The van der Waals surface area contributed by atoms with Gasteiger partial charge in [-0.05, 0) is 5.53 Å². The number of hydrogen-bond acceptors (Lipinski definition) is 17. The second-order valence-electron chi connectivity index (χ2n) is 7.87. The van der Waals surface area contributed by atoms with Crippen molar-refractivity contribution in [1.82, 2.24) is 9.55 Å². The van der Waals surface area contributed by atoms with Gasteiger partial charge in [-0.3, -0.25) is 28.0 Å². The van der Waals surface area contributed by atoms with E-state index in [0.717, 1.165) is 12.3 Å². The van der Waals surface area contributed by atoms with Crippen LogP contribution in [0.1, 0.15) is 6.23 Å². The summed E-state index contributed by atoms with van der Waals surface area (Å²) in [4.78, 5) is 51.5. The van der Waals surface area contributed by atoms with Gasteiger partial charge in [0.25, 0.3) is 21.2 Å². The smallest absolute Gasteiger partial charge is 0.756 e. The fourth-order valence-corrected chi connectivity index (χ4v) is 5.53. The van der Waals surface area contributed by atoms with E-state index in [0.29, 0.717) is 4.57 Å². The van der Waals surface area contributed by atoms with Gasteiger partial charge in [-0.25, -0.2) is 9.11 Å². The molecule has 40 heavy (non-hydrogen) atoms. The number of phosphoric acid groups is 2. The van der Waals surface area contributed by atoms with Gasteiger partial charge in [0.2, 0.25) is 0 Å². The first-order valence-corrected chi connectivity index (χ1v) is 13.3. The summed E-state index contributed by atoms with van der Waals surface area (Å²) in [5, 5.41) is 52.9. The van der Waals surface area contributed by atoms with Crippen molar-refractivity contribution in [2.45, 2.75) is 55.2 Å². The molecule has 1 aromatic heterocycles. The molecule has 0 radical (unpaired) electrons. The normalized spacial score (nSPS) is 34.8. The topological polar surface area (TPSA) is 331 Å². The van der Waals surface area contributed by atoms with Gasteiger partial charge in [0.1, 0.15) is 36.6 Å². The average molecular weight is 635 g/mol. The summed E-state index contributed by atoms with van der Waals surface area (Å²) < 4.78 is 47.5. The molecule has 3 rings (SSSR count). The van der Waals surface area contributed by atoms with Crippen molar-refractivity contribution in [2.75, 3.05) is 13.2 Å². The van der Waals surface area contributed by atoms with Crippen molar-refractivity contribution >= 4 is 15.6 Å². The predicted octanol–water partition coefficient (Wildman–Crippen LogP) is -10.7. The van der Waals surface area contributed by atoms with E-state index in [1.54, 1.807) is 0 Å². The molecule has 25 heteroatoms. The molecule has 11 unspecified atom stereocenters. The van der Waals surface area contributed by atoms with Crippen LogP contribution in [0.2, 0.25) is 0 Å². The Labute approximate surface area is 267 Å². The number of H-pyrrole nitrogens is 1. The molecule has 21 nitrogen and oxygen atoms in total. The van der Waals surface area contributed by atoms with Gasteiger partial charge in [0, 0.05) is 17.2 Å². The summed E-state index contributed by atoms with van der Waals surface area (Å²) >= 11 is 0. The number of hydrogen-bond donors (Lipinski definition) is 6. The van der Waals surface area contributed by atoms with Gasteiger partial charge in [-0.1, -0.05) is 5.11 Å². The van der Waals surface area contributed by atoms with Gasteiger partial charge >= 0.3 is 64.8 Å². The first-order chi connectivity index (χ1) is 17.7. The minimum absolute atomic E-state index is 0. The van der Waals surface area contributed by atoms with Crippen molar-refractivity contribution in [3.05, 3.63) is 43.5 Å². The fraction of sp³-hybridized carbons (Fsp3) is 0.733. The van der Waals surface area contributed by atoms with Crippen LogP contribution in [0.3, 0.4) is 0 Å². The molecule has 0 aromatic carbocycles. The molecule has 6 N–H and O–H groups in total. The largest absolute Gasteiger partial charge is 1.00 e. The van der Waals surface area contributed by atoms with E-state index in [9.17, 15) is 54.0 Å². The Morgan fingerprint density at radius 3 is 2.23 bits per heavy atom. The van der Waals surface area contributed by atoms with Crippen molar-refractivity contribution in [1.29, 1.82) is 0 Å². The van der Waals surface area contributed by atoms with E-state index in [4.69, 9.17) is 15.0 Å². The van der Waals surface area contributed by atoms with Crippen LogP contribution < -0.4 is 80.2 Å². The van der Waals surface area contributed by atoms with Crippen molar-refractivity contribution in [2.24, 2.45) is 5.11 Å². The Hall–Kier alpha value is -0.0300. The van der Waals surface area contributed by atoms with Crippen LogP contribution in [0.5, 0.6) is 0 Å². The van der Waals surface area contributed by atoms with Crippen LogP contribution in [0.25, 0.3) is 10.4 Å². The molecule has 2 saturated heterocycles.